The molecule has 0 aliphatic carbocycles. The van der Waals surface area contributed by atoms with Crippen molar-refractivity contribution in [2.24, 2.45) is 0 Å². The zero-order chi connectivity index (χ0) is 27.7. The molecule has 9 heteroatoms. The van der Waals surface area contributed by atoms with Gasteiger partial charge in [-0.25, -0.2) is 4.79 Å². The molecule has 0 unspecified atom stereocenters. The van der Waals surface area contributed by atoms with Gasteiger partial charge in [0.25, 0.3) is 5.56 Å². The van der Waals surface area contributed by atoms with Crippen molar-refractivity contribution in [2.75, 3.05) is 6.61 Å². The minimum absolute atomic E-state index is 0.0967. The van der Waals surface area contributed by atoms with E-state index < -0.39 is 41.4 Å². The Morgan fingerprint density at radius 1 is 0.872 bits per heavy atom. The number of H-pyrrole nitrogens is 1. The first-order valence-corrected chi connectivity index (χ1v) is 13.6. The Kier molecular flexibility index (Phi) is 7.88. The Labute approximate surface area is 239 Å². The predicted molar refractivity (Wildman–Crippen MR) is 155 cm³/mol. The molecule has 1 fully saturated rings. The van der Waals surface area contributed by atoms with Gasteiger partial charge in [0.15, 0.2) is 6.23 Å². The molecule has 1 aliphatic heterocycles. The van der Waals surface area contributed by atoms with Gasteiger partial charge in [-0.1, -0.05) is 90.0 Å². The van der Waals surface area contributed by atoms with Gasteiger partial charge in [0.1, 0.15) is 23.9 Å². The second-order valence-corrected chi connectivity index (χ2v) is 10.9. The Morgan fingerprint density at radius 3 is 1.97 bits per heavy atom. The molecule has 3 aromatic carbocycles. The van der Waals surface area contributed by atoms with Crippen molar-refractivity contribution in [1.82, 2.24) is 9.55 Å². The van der Waals surface area contributed by atoms with Crippen LogP contribution in [-0.4, -0.2) is 44.7 Å². The maximum absolute atomic E-state index is 12.5. The van der Waals surface area contributed by atoms with Gasteiger partial charge in [0, 0.05) is 6.20 Å². The molecule has 3 N–H and O–H groups in total. The van der Waals surface area contributed by atoms with Gasteiger partial charge in [0.05, 0.1) is 10.2 Å². The monoisotopic (exact) mass is 640 g/mol. The summed E-state index contributed by atoms with van der Waals surface area (Å²) in [6, 6.07) is 26.0. The van der Waals surface area contributed by atoms with Crippen LogP contribution in [0.2, 0.25) is 0 Å². The summed E-state index contributed by atoms with van der Waals surface area (Å²) in [5, 5.41) is 21.8. The summed E-state index contributed by atoms with van der Waals surface area (Å²) in [6.07, 6.45) is -3.60. The summed E-state index contributed by atoms with van der Waals surface area (Å²) in [5.41, 5.74) is 2.54. The van der Waals surface area contributed by atoms with Crippen LogP contribution in [0, 0.1) is 17.4 Å². The van der Waals surface area contributed by atoms with E-state index in [1.54, 1.807) is 22.6 Å². The van der Waals surface area contributed by atoms with Crippen LogP contribution < -0.4 is 11.2 Å². The summed E-state index contributed by atoms with van der Waals surface area (Å²) in [5.74, 6) is 0. The van der Waals surface area contributed by atoms with Crippen LogP contribution in [0.15, 0.2) is 94.6 Å². The molecule has 0 spiro atoms. The first kappa shape index (κ1) is 27.5. The van der Waals surface area contributed by atoms with Crippen molar-refractivity contribution >= 4 is 22.6 Å². The number of aliphatic hydroxyl groups excluding tert-OH is 2. The highest BCUT2D eigenvalue weighted by Crippen LogP contribution is 2.42. The molecule has 1 saturated heterocycles. The van der Waals surface area contributed by atoms with E-state index in [-0.39, 0.29) is 10.2 Å². The molecule has 0 radical (unpaired) electrons. The lowest BCUT2D eigenvalue weighted by Gasteiger charge is -2.37. The number of nitrogens with one attached hydrogen (secondary N) is 1. The molecule has 1 aromatic heterocycles. The smallest absolute Gasteiger partial charge is 0.330 e. The molecular formula is C30H29IN2O6. The topological polar surface area (TPSA) is 114 Å². The van der Waals surface area contributed by atoms with Crippen LogP contribution in [-0.2, 0) is 15.1 Å². The van der Waals surface area contributed by atoms with E-state index in [0.717, 1.165) is 32.4 Å². The zero-order valence-electron chi connectivity index (χ0n) is 21.5. The van der Waals surface area contributed by atoms with Crippen molar-refractivity contribution in [3.63, 3.8) is 0 Å². The number of benzene rings is 3. The Hall–Kier alpha value is -3.09. The second-order valence-electron chi connectivity index (χ2n) is 9.78. The number of aliphatic hydroxyl groups is 2. The molecule has 8 nitrogen and oxygen atoms in total. The highest BCUT2D eigenvalue weighted by molar-refractivity contribution is 14.1. The van der Waals surface area contributed by atoms with E-state index in [0.29, 0.717) is 0 Å². The lowest BCUT2D eigenvalue weighted by molar-refractivity contribution is -0.0959. The van der Waals surface area contributed by atoms with Crippen molar-refractivity contribution < 1.29 is 19.7 Å². The maximum Gasteiger partial charge on any atom is 0.330 e. The third kappa shape index (κ3) is 5.24. The summed E-state index contributed by atoms with van der Waals surface area (Å²) in [6.45, 7) is 3.94. The molecule has 0 bridgehead atoms. The number of rotatable bonds is 7. The van der Waals surface area contributed by atoms with Crippen molar-refractivity contribution in [1.29, 1.82) is 0 Å². The third-order valence-corrected chi connectivity index (χ3v) is 7.86. The maximum atomic E-state index is 12.5. The Balaban J connectivity index is 1.55. The Bertz CT molecular complexity index is 1500. The van der Waals surface area contributed by atoms with Crippen LogP contribution in [0.3, 0.4) is 0 Å². The van der Waals surface area contributed by atoms with Gasteiger partial charge >= 0.3 is 5.69 Å². The molecule has 202 valence electrons. The molecule has 1 aliphatic rings. The lowest BCUT2D eigenvalue weighted by atomic mass is 9.79. The number of hydrogen-bond acceptors (Lipinski definition) is 6. The van der Waals surface area contributed by atoms with Crippen molar-refractivity contribution in [3.8, 4) is 0 Å². The molecule has 0 saturated carbocycles. The molecule has 4 aromatic rings. The van der Waals surface area contributed by atoms with Crippen LogP contribution in [0.1, 0.15) is 34.0 Å². The fraction of sp³-hybridized carbons (Fsp3) is 0.267. The van der Waals surface area contributed by atoms with Gasteiger partial charge in [-0.2, -0.15) is 0 Å². The van der Waals surface area contributed by atoms with Gasteiger partial charge in [0.2, 0.25) is 0 Å². The minimum Gasteiger partial charge on any atom is -0.387 e. The van der Waals surface area contributed by atoms with E-state index in [9.17, 15) is 19.8 Å². The molecule has 5 rings (SSSR count). The molecule has 0 amide bonds. The number of nitrogens with zero attached hydrogens (tertiary/aromatic N) is 1. The van der Waals surface area contributed by atoms with E-state index in [1.165, 1.54) is 6.20 Å². The molecular weight excluding hydrogens is 611 g/mol. The summed E-state index contributed by atoms with van der Waals surface area (Å²) in [7, 11) is 0. The van der Waals surface area contributed by atoms with Crippen LogP contribution in [0.5, 0.6) is 0 Å². The molecule has 39 heavy (non-hydrogen) atoms. The number of aromatic nitrogens is 2. The summed E-state index contributed by atoms with van der Waals surface area (Å²) >= 11 is 1.79. The molecule has 4 atom stereocenters. The number of ether oxygens (including phenoxy) is 2. The van der Waals surface area contributed by atoms with Crippen molar-refractivity contribution in [2.45, 2.75) is 44.0 Å². The van der Waals surface area contributed by atoms with Gasteiger partial charge in [-0.3, -0.25) is 14.3 Å². The number of hydrogen-bond donors (Lipinski definition) is 3. The molecule has 2 heterocycles. The average Bonchev–Trinajstić information content (AvgIpc) is 3.22. The van der Waals surface area contributed by atoms with Gasteiger partial charge < -0.3 is 19.7 Å². The van der Waals surface area contributed by atoms with E-state index >= 15 is 0 Å². The minimum atomic E-state index is -1.41. The number of aryl methyl sites for hydroxylation is 2. The quantitative estimate of drug-likeness (QED) is 0.211. The first-order chi connectivity index (χ1) is 18.7. The number of halogens is 1. The van der Waals surface area contributed by atoms with Crippen LogP contribution in [0.4, 0.5) is 0 Å². The highest BCUT2D eigenvalue weighted by Gasteiger charge is 2.46. The lowest BCUT2D eigenvalue weighted by Crippen LogP contribution is -2.40. The predicted octanol–water partition coefficient (Wildman–Crippen LogP) is 3.39. The van der Waals surface area contributed by atoms with E-state index in [2.05, 4.69) is 4.98 Å². The zero-order valence-corrected chi connectivity index (χ0v) is 23.6. The SMILES string of the molecule is Cc1ccc(C(OC[C@H]2O[C@@H](n3cc(I)c(=O)[nH]c3=O)[C@H](O)[C@@H]2O)(c2ccccc2)c2ccc(C)cc2)cc1. The van der Waals surface area contributed by atoms with Crippen molar-refractivity contribution in [3.05, 3.63) is 137 Å². The Morgan fingerprint density at radius 2 is 1.41 bits per heavy atom. The van der Waals surface area contributed by atoms with Crippen LogP contribution in [0.25, 0.3) is 0 Å². The summed E-state index contributed by atoms with van der Waals surface area (Å²) in [4.78, 5) is 26.5. The fourth-order valence-electron chi connectivity index (χ4n) is 4.95. The standard InChI is InChI=1S/C30H29IN2O6/c1-18-8-12-21(13-9-18)30(20-6-4-3-5-7-20,22-14-10-19(2)11-15-22)38-17-24-25(34)26(35)28(39-24)33-16-23(31)27(36)32-29(33)37/h3-16,24-26,28,34-35H,17H2,1-2H3,(H,32,36,37)/t24-,25-,26-,28-/m1/s1. The number of aromatic amines is 1. The third-order valence-electron chi connectivity index (χ3n) is 7.10. The summed E-state index contributed by atoms with van der Waals surface area (Å²) < 4.78 is 14.1. The highest BCUT2D eigenvalue weighted by atomic mass is 127. The van der Waals surface area contributed by atoms with Gasteiger partial charge in [-0.05, 0) is 53.1 Å². The largest absolute Gasteiger partial charge is 0.387 e. The average molecular weight is 640 g/mol. The van der Waals surface area contributed by atoms with E-state index in [4.69, 9.17) is 9.47 Å². The van der Waals surface area contributed by atoms with Gasteiger partial charge in [-0.15, -0.1) is 0 Å². The first-order valence-electron chi connectivity index (χ1n) is 12.6. The van der Waals surface area contributed by atoms with Crippen LogP contribution >= 0.6 is 22.6 Å². The normalized spacial score (nSPS) is 21.3. The van der Waals surface area contributed by atoms with E-state index in [1.807, 2.05) is 92.7 Å². The second kappa shape index (κ2) is 11.2. The fourth-order valence-corrected chi connectivity index (χ4v) is 5.39.